The summed E-state index contributed by atoms with van der Waals surface area (Å²) in [6.45, 7) is 10.00. The van der Waals surface area contributed by atoms with Crippen LogP contribution in [0.15, 0.2) is 42.6 Å². The van der Waals surface area contributed by atoms with Crippen molar-refractivity contribution in [2.75, 3.05) is 36.6 Å². The Hall–Kier alpha value is -3.38. The molecule has 2 aliphatic heterocycles. The van der Waals surface area contributed by atoms with Gasteiger partial charge in [-0.2, -0.15) is 4.98 Å². The maximum Gasteiger partial charge on any atom is 0.268 e. The molecular formula is C24H20Cl2N6O2. The summed E-state index contributed by atoms with van der Waals surface area (Å²) in [5.41, 5.74) is 4.00. The minimum Gasteiger partial charge on any atom is -0.455 e. The second-order valence-electron chi connectivity index (χ2n) is 8.01. The number of amides is 1. The topological polar surface area (TPSA) is 75.0 Å². The molecule has 0 atom stereocenters. The fraction of sp³-hybridized carbons (Fsp3) is 0.250. The molecule has 0 bridgehead atoms. The molecule has 0 unspecified atom stereocenters. The minimum atomic E-state index is -0.337. The number of hydrogen-bond donors (Lipinski definition) is 1. The summed E-state index contributed by atoms with van der Waals surface area (Å²) < 4.78 is 5.76. The van der Waals surface area contributed by atoms with Gasteiger partial charge in [-0.25, -0.2) is 11.6 Å². The number of carbonyl (C=O) groups excluding carboxylic acids is 1. The van der Waals surface area contributed by atoms with Gasteiger partial charge in [-0.3, -0.25) is 14.6 Å². The van der Waals surface area contributed by atoms with E-state index in [1.54, 1.807) is 18.2 Å². The third kappa shape index (κ3) is 4.38. The first-order valence-corrected chi connectivity index (χ1v) is 11.5. The minimum absolute atomic E-state index is 0.0645. The lowest BCUT2D eigenvalue weighted by Gasteiger charge is -2.29. The number of rotatable bonds is 5. The van der Waals surface area contributed by atoms with Gasteiger partial charge < -0.3 is 14.9 Å². The highest BCUT2D eigenvalue weighted by Crippen LogP contribution is 2.37. The predicted octanol–water partition coefficient (Wildman–Crippen LogP) is 4.80. The first-order valence-electron chi connectivity index (χ1n) is 10.7. The Morgan fingerprint density at radius 1 is 1.18 bits per heavy atom. The van der Waals surface area contributed by atoms with Crippen LogP contribution in [0.4, 0.5) is 17.3 Å². The van der Waals surface area contributed by atoms with Crippen LogP contribution in [0.3, 0.4) is 0 Å². The van der Waals surface area contributed by atoms with E-state index in [2.05, 4.69) is 37.2 Å². The molecule has 0 saturated heterocycles. The van der Waals surface area contributed by atoms with Crippen molar-refractivity contribution in [1.82, 2.24) is 14.9 Å². The Kier molecular flexibility index (Phi) is 6.24. The predicted molar refractivity (Wildman–Crippen MR) is 131 cm³/mol. The van der Waals surface area contributed by atoms with Crippen molar-refractivity contribution in [1.29, 1.82) is 0 Å². The highest BCUT2D eigenvalue weighted by atomic mass is 35.5. The van der Waals surface area contributed by atoms with E-state index in [1.165, 1.54) is 22.2 Å². The highest BCUT2D eigenvalue weighted by molar-refractivity contribution is 6.40. The van der Waals surface area contributed by atoms with Crippen molar-refractivity contribution in [3.8, 4) is 5.88 Å². The van der Waals surface area contributed by atoms with Gasteiger partial charge in [0.1, 0.15) is 5.56 Å². The van der Waals surface area contributed by atoms with E-state index >= 15 is 0 Å². The van der Waals surface area contributed by atoms with Crippen molar-refractivity contribution < 1.29 is 9.53 Å². The smallest absolute Gasteiger partial charge is 0.268 e. The second-order valence-corrected chi connectivity index (χ2v) is 8.82. The van der Waals surface area contributed by atoms with Crippen LogP contribution in [0.1, 0.15) is 21.5 Å². The zero-order valence-electron chi connectivity index (χ0n) is 18.1. The summed E-state index contributed by atoms with van der Waals surface area (Å²) in [6.07, 6.45) is 2.40. The molecule has 0 radical (unpaired) electrons. The number of hydrogen-bond acceptors (Lipinski definition) is 6. The average molecular weight is 495 g/mol. The average Bonchev–Trinajstić information content (AvgIpc) is 2.83. The van der Waals surface area contributed by atoms with E-state index in [1.807, 2.05) is 6.07 Å². The third-order valence-electron chi connectivity index (χ3n) is 5.85. The lowest BCUT2D eigenvalue weighted by molar-refractivity contribution is 0.0932. The van der Waals surface area contributed by atoms with E-state index < -0.39 is 0 Å². The maximum absolute atomic E-state index is 13.1. The largest absolute Gasteiger partial charge is 0.455 e. The number of nitrogens with zero attached hydrogens (tertiary/aromatic N) is 5. The van der Waals surface area contributed by atoms with Crippen LogP contribution in [-0.2, 0) is 13.0 Å². The standard InChI is InChI=1S/C24H20Cl2N6O2/c1-27-8-10-31-9-7-15-5-6-17(11-16(15)13-31)29-24-28-12-18-22(30-24)34-14-32(23(18)33)21-19(25)3-2-4-20(21)26/h2-6,11-12H,7-10,13-14H2,(H,28,29,30). The van der Waals surface area contributed by atoms with Gasteiger partial charge in [0.15, 0.2) is 6.73 Å². The van der Waals surface area contributed by atoms with Crippen molar-refractivity contribution in [3.63, 3.8) is 0 Å². The molecular weight excluding hydrogens is 475 g/mol. The molecule has 0 spiro atoms. The Morgan fingerprint density at radius 2 is 2.00 bits per heavy atom. The van der Waals surface area contributed by atoms with E-state index in [0.717, 1.165) is 31.7 Å². The van der Waals surface area contributed by atoms with E-state index in [9.17, 15) is 4.79 Å². The second kappa shape index (κ2) is 9.47. The number of nitrogens with one attached hydrogen (secondary N) is 1. The van der Waals surface area contributed by atoms with Crippen molar-refractivity contribution in [3.05, 3.63) is 80.7 Å². The molecule has 0 fully saturated rings. The molecule has 3 heterocycles. The van der Waals surface area contributed by atoms with Gasteiger partial charge in [-0.05, 0) is 41.8 Å². The van der Waals surface area contributed by atoms with Crippen molar-refractivity contribution in [2.45, 2.75) is 13.0 Å². The Labute approximate surface area is 206 Å². The van der Waals surface area contributed by atoms with Crippen LogP contribution in [0.5, 0.6) is 5.88 Å². The summed E-state index contributed by atoms with van der Waals surface area (Å²) in [7, 11) is 0. The van der Waals surface area contributed by atoms with Gasteiger partial charge >= 0.3 is 0 Å². The number of ether oxygens (including phenoxy) is 1. The van der Waals surface area contributed by atoms with Gasteiger partial charge in [0, 0.05) is 25.0 Å². The first kappa shape index (κ1) is 22.4. The quantitative estimate of drug-likeness (QED) is 0.513. The molecule has 0 aliphatic carbocycles. The zero-order chi connectivity index (χ0) is 23.7. The Morgan fingerprint density at radius 3 is 2.79 bits per heavy atom. The SMILES string of the molecule is [C-]#[N+]CCN1CCc2ccc(Nc3ncc4c(n3)OCN(c3c(Cl)cccc3Cl)C4=O)cc2C1. The summed E-state index contributed by atoms with van der Waals surface area (Å²) in [5, 5.41) is 3.91. The van der Waals surface area contributed by atoms with Gasteiger partial charge in [-0.15, -0.1) is 0 Å². The molecule has 5 rings (SSSR count). The molecule has 0 saturated carbocycles. The van der Waals surface area contributed by atoms with Crippen LogP contribution in [-0.4, -0.2) is 47.1 Å². The number of benzene rings is 2. The number of para-hydroxylation sites is 1. The number of carbonyl (C=O) groups is 1. The Bertz CT molecular complexity index is 1290. The van der Waals surface area contributed by atoms with Gasteiger partial charge in [0.25, 0.3) is 5.91 Å². The normalized spacial score (nSPS) is 15.2. The molecule has 34 heavy (non-hydrogen) atoms. The van der Waals surface area contributed by atoms with Crippen molar-refractivity contribution >= 4 is 46.4 Å². The summed E-state index contributed by atoms with van der Waals surface area (Å²) in [4.78, 5) is 28.9. The molecule has 2 aliphatic rings. The lowest BCUT2D eigenvalue weighted by Crippen LogP contribution is -2.39. The van der Waals surface area contributed by atoms with Crippen LogP contribution in [0.2, 0.25) is 10.0 Å². The lowest BCUT2D eigenvalue weighted by atomic mass is 9.99. The summed E-state index contributed by atoms with van der Waals surface area (Å²) in [5.74, 6) is 0.192. The monoisotopic (exact) mass is 494 g/mol. The number of anilines is 3. The molecule has 172 valence electrons. The molecule has 1 amide bonds. The number of fused-ring (bicyclic) bond motifs is 2. The highest BCUT2D eigenvalue weighted by Gasteiger charge is 2.31. The molecule has 1 N–H and O–H groups in total. The fourth-order valence-electron chi connectivity index (χ4n) is 4.13. The third-order valence-corrected chi connectivity index (χ3v) is 6.46. The molecule has 10 heteroatoms. The zero-order valence-corrected chi connectivity index (χ0v) is 19.6. The Balaban J connectivity index is 1.34. The summed E-state index contributed by atoms with van der Waals surface area (Å²) in [6, 6.07) is 11.2. The molecule has 8 nitrogen and oxygen atoms in total. The van der Waals surface area contributed by atoms with Crippen LogP contribution in [0.25, 0.3) is 4.85 Å². The summed E-state index contributed by atoms with van der Waals surface area (Å²) >= 11 is 12.5. The van der Waals surface area contributed by atoms with E-state index in [0.29, 0.717) is 28.2 Å². The number of aromatic nitrogens is 2. The van der Waals surface area contributed by atoms with Crippen LogP contribution < -0.4 is 15.0 Å². The van der Waals surface area contributed by atoms with Crippen molar-refractivity contribution in [2.24, 2.45) is 0 Å². The van der Waals surface area contributed by atoms with Gasteiger partial charge in [-0.1, -0.05) is 35.3 Å². The molecule has 3 aromatic rings. The van der Waals surface area contributed by atoms with Crippen LogP contribution >= 0.6 is 23.2 Å². The van der Waals surface area contributed by atoms with E-state index in [-0.39, 0.29) is 24.1 Å². The first-order chi connectivity index (χ1) is 16.5. The maximum atomic E-state index is 13.1. The van der Waals surface area contributed by atoms with Crippen LogP contribution in [0, 0.1) is 6.57 Å². The fourth-order valence-corrected chi connectivity index (χ4v) is 4.73. The van der Waals surface area contributed by atoms with E-state index in [4.69, 9.17) is 34.5 Å². The molecule has 2 aromatic carbocycles. The van der Waals surface area contributed by atoms with Gasteiger partial charge in [0.05, 0.1) is 22.3 Å². The number of halogens is 2. The molecule has 1 aromatic heterocycles. The van der Waals surface area contributed by atoms with Gasteiger partial charge in [0.2, 0.25) is 18.4 Å².